The minimum absolute atomic E-state index is 1.06. The highest BCUT2D eigenvalue weighted by Gasteiger charge is 2.31. The molecule has 0 amide bonds. The predicted octanol–water partition coefficient (Wildman–Crippen LogP) is 12.1. The maximum absolute atomic E-state index is 3.66. The SMILES string of the molecule is Brc1ccc(-n2c3c(c4ccccc42)-c2ccccc2-c2c(n(-c4ccc(Br)cc4)c4ccccc24)-c2ccccc2-3)cc1. The van der Waals surface area contributed by atoms with Crippen molar-refractivity contribution in [2.75, 3.05) is 0 Å². The Morgan fingerprint density at radius 2 is 0.682 bits per heavy atom. The van der Waals surface area contributed by atoms with Crippen LogP contribution < -0.4 is 0 Å². The van der Waals surface area contributed by atoms with Crippen molar-refractivity contribution in [1.29, 1.82) is 0 Å². The number of fused-ring (bicyclic) bond motifs is 12. The molecule has 9 rings (SSSR count). The number of halogens is 2. The van der Waals surface area contributed by atoms with Crippen molar-refractivity contribution in [3.63, 3.8) is 0 Å². The molecule has 0 atom stereocenters. The van der Waals surface area contributed by atoms with Crippen LogP contribution in [0.5, 0.6) is 0 Å². The van der Waals surface area contributed by atoms with Crippen molar-refractivity contribution in [2.45, 2.75) is 0 Å². The molecule has 1 aliphatic carbocycles. The van der Waals surface area contributed by atoms with Gasteiger partial charge in [0.1, 0.15) is 0 Å². The monoisotopic (exact) mass is 690 g/mol. The van der Waals surface area contributed by atoms with E-state index in [0.717, 1.165) is 20.3 Å². The van der Waals surface area contributed by atoms with E-state index in [1.165, 1.54) is 66.6 Å². The van der Waals surface area contributed by atoms with Gasteiger partial charge in [-0.2, -0.15) is 0 Å². The molecule has 8 aromatic rings. The molecule has 1 aliphatic rings. The summed E-state index contributed by atoms with van der Waals surface area (Å²) in [5, 5.41) is 2.49. The molecule has 0 N–H and O–H groups in total. The summed E-state index contributed by atoms with van der Waals surface area (Å²) in [7, 11) is 0. The second-order valence-electron chi connectivity index (χ2n) is 11.2. The fourth-order valence-electron chi connectivity index (χ4n) is 7.07. The standard InChI is InChI=1S/C40H24Br2N2/c41-25-17-21-27(22-18-25)43-35-15-7-5-13-33(35)37-29-9-1-2-10-30(29)38-34-14-6-8-16-36(34)44(28-23-19-26(42)20-24-28)40(38)32-12-4-3-11-31(32)39(37)43/h1-24H. The first-order valence-electron chi connectivity index (χ1n) is 14.7. The minimum Gasteiger partial charge on any atom is -0.309 e. The molecule has 0 bridgehead atoms. The van der Waals surface area contributed by atoms with Crippen molar-refractivity contribution < 1.29 is 0 Å². The zero-order chi connectivity index (χ0) is 29.4. The lowest BCUT2D eigenvalue weighted by atomic mass is 9.84. The van der Waals surface area contributed by atoms with E-state index in [9.17, 15) is 0 Å². The van der Waals surface area contributed by atoms with Crippen LogP contribution in [0, 0.1) is 0 Å². The van der Waals surface area contributed by atoms with E-state index in [-0.39, 0.29) is 0 Å². The number of benzene rings is 6. The summed E-state index contributed by atoms with van der Waals surface area (Å²) in [5.41, 5.74) is 14.5. The molecule has 0 saturated heterocycles. The summed E-state index contributed by atoms with van der Waals surface area (Å²) in [6, 6.07) is 52.9. The van der Waals surface area contributed by atoms with Crippen molar-refractivity contribution >= 4 is 53.7 Å². The lowest BCUT2D eigenvalue weighted by Gasteiger charge is -2.23. The van der Waals surface area contributed by atoms with Crippen molar-refractivity contribution in [3.05, 3.63) is 155 Å². The van der Waals surface area contributed by atoms with Crippen LogP contribution in [0.15, 0.2) is 155 Å². The van der Waals surface area contributed by atoms with Crippen molar-refractivity contribution in [1.82, 2.24) is 9.13 Å². The van der Waals surface area contributed by atoms with Gasteiger partial charge in [0, 0.05) is 53.3 Å². The predicted molar refractivity (Wildman–Crippen MR) is 191 cm³/mol. The van der Waals surface area contributed by atoms with Crippen LogP contribution in [0.3, 0.4) is 0 Å². The molecule has 2 aromatic heterocycles. The highest BCUT2D eigenvalue weighted by Crippen LogP contribution is 2.54. The zero-order valence-electron chi connectivity index (χ0n) is 23.5. The van der Waals surface area contributed by atoms with E-state index < -0.39 is 0 Å². The van der Waals surface area contributed by atoms with Gasteiger partial charge < -0.3 is 9.13 Å². The summed E-state index contributed by atoms with van der Waals surface area (Å²) in [6.07, 6.45) is 0. The quantitative estimate of drug-likeness (QED) is 0.171. The zero-order valence-corrected chi connectivity index (χ0v) is 26.7. The number of nitrogens with zero attached hydrogens (tertiary/aromatic N) is 2. The normalized spacial score (nSPS) is 11.9. The van der Waals surface area contributed by atoms with Crippen LogP contribution in [0.1, 0.15) is 0 Å². The van der Waals surface area contributed by atoms with Crippen LogP contribution in [0.2, 0.25) is 0 Å². The van der Waals surface area contributed by atoms with E-state index in [1.807, 2.05) is 0 Å². The average molecular weight is 692 g/mol. The molecule has 0 spiro atoms. The fraction of sp³-hybridized carbons (Fsp3) is 0. The molecular formula is C40H24Br2N2. The van der Waals surface area contributed by atoms with Gasteiger partial charge in [0.15, 0.2) is 0 Å². The van der Waals surface area contributed by atoms with Crippen LogP contribution >= 0.6 is 31.9 Å². The van der Waals surface area contributed by atoms with Crippen LogP contribution in [-0.2, 0) is 0 Å². The number of hydrogen-bond donors (Lipinski definition) is 0. The van der Waals surface area contributed by atoms with E-state index in [0.29, 0.717) is 0 Å². The summed E-state index contributed by atoms with van der Waals surface area (Å²) in [5.74, 6) is 0. The van der Waals surface area contributed by atoms with E-state index in [4.69, 9.17) is 0 Å². The Hall–Kier alpha value is -4.64. The Labute approximate surface area is 272 Å². The second kappa shape index (κ2) is 9.95. The first-order chi connectivity index (χ1) is 21.7. The smallest absolute Gasteiger partial charge is 0.0626 e. The first-order valence-corrected chi connectivity index (χ1v) is 16.3. The van der Waals surface area contributed by atoms with Gasteiger partial charge in [-0.1, -0.05) is 117 Å². The van der Waals surface area contributed by atoms with Gasteiger partial charge in [0.25, 0.3) is 0 Å². The van der Waals surface area contributed by atoms with Gasteiger partial charge in [-0.25, -0.2) is 0 Å². The molecule has 44 heavy (non-hydrogen) atoms. The third kappa shape index (κ3) is 3.71. The third-order valence-electron chi connectivity index (χ3n) is 8.82. The highest BCUT2D eigenvalue weighted by molar-refractivity contribution is 9.10. The lowest BCUT2D eigenvalue weighted by Crippen LogP contribution is -2.04. The van der Waals surface area contributed by atoms with Gasteiger partial charge in [-0.15, -0.1) is 0 Å². The van der Waals surface area contributed by atoms with Crippen molar-refractivity contribution in [3.8, 4) is 56.1 Å². The Balaban J connectivity index is 1.53. The lowest BCUT2D eigenvalue weighted by molar-refractivity contribution is 1.12. The second-order valence-corrected chi connectivity index (χ2v) is 13.0. The summed E-state index contributed by atoms with van der Waals surface area (Å²) in [4.78, 5) is 0. The highest BCUT2D eigenvalue weighted by atomic mass is 79.9. The molecule has 0 fully saturated rings. The maximum Gasteiger partial charge on any atom is 0.0626 e. The number of para-hydroxylation sites is 2. The number of hydrogen-bond acceptors (Lipinski definition) is 0. The molecule has 0 saturated carbocycles. The van der Waals surface area contributed by atoms with Gasteiger partial charge in [0.05, 0.1) is 22.4 Å². The Kier molecular flexibility index (Phi) is 5.84. The van der Waals surface area contributed by atoms with Crippen LogP contribution in [0.4, 0.5) is 0 Å². The van der Waals surface area contributed by atoms with Gasteiger partial charge in [-0.3, -0.25) is 0 Å². The molecule has 2 heterocycles. The molecule has 0 aliphatic heterocycles. The topological polar surface area (TPSA) is 9.86 Å². The van der Waals surface area contributed by atoms with Crippen molar-refractivity contribution in [2.24, 2.45) is 0 Å². The Morgan fingerprint density at radius 3 is 1.09 bits per heavy atom. The van der Waals surface area contributed by atoms with Gasteiger partial charge in [-0.05, 0) is 71.8 Å². The molecule has 4 heteroatoms. The minimum atomic E-state index is 1.06. The summed E-state index contributed by atoms with van der Waals surface area (Å²) < 4.78 is 7.03. The molecular weight excluding hydrogens is 668 g/mol. The van der Waals surface area contributed by atoms with E-state index in [2.05, 4.69) is 187 Å². The van der Waals surface area contributed by atoms with E-state index >= 15 is 0 Å². The van der Waals surface area contributed by atoms with Crippen LogP contribution in [0.25, 0.3) is 77.9 Å². The molecule has 0 unspecified atom stereocenters. The third-order valence-corrected chi connectivity index (χ3v) is 9.88. The van der Waals surface area contributed by atoms with Gasteiger partial charge >= 0.3 is 0 Å². The summed E-state index contributed by atoms with van der Waals surface area (Å²) in [6.45, 7) is 0. The number of aromatic nitrogens is 2. The molecule has 2 nitrogen and oxygen atoms in total. The first kappa shape index (κ1) is 25.8. The molecule has 6 aromatic carbocycles. The molecule has 0 radical (unpaired) electrons. The maximum atomic E-state index is 3.66. The molecule has 208 valence electrons. The van der Waals surface area contributed by atoms with Crippen LogP contribution in [-0.4, -0.2) is 9.13 Å². The fourth-order valence-corrected chi connectivity index (χ4v) is 7.60. The Morgan fingerprint density at radius 1 is 0.341 bits per heavy atom. The van der Waals surface area contributed by atoms with E-state index in [1.54, 1.807) is 0 Å². The average Bonchev–Trinajstić information content (AvgIpc) is 3.58. The number of rotatable bonds is 2. The Bertz CT molecular complexity index is 2220. The summed E-state index contributed by atoms with van der Waals surface area (Å²) >= 11 is 7.32. The largest absolute Gasteiger partial charge is 0.309 e. The van der Waals surface area contributed by atoms with Gasteiger partial charge in [0.2, 0.25) is 0 Å².